The zero-order valence-electron chi connectivity index (χ0n) is 3.52. The van der Waals surface area contributed by atoms with Crippen LogP contribution in [0.2, 0.25) is 0 Å². The smallest absolute Gasteiger partial charge is 0.0280 e. The third-order valence-corrected chi connectivity index (χ3v) is 0.775. The molecular weight excluding hydrogens is 83.0 g/mol. The van der Waals surface area contributed by atoms with Crippen molar-refractivity contribution in [3.8, 4) is 0 Å². The van der Waals surface area contributed by atoms with E-state index in [0.29, 0.717) is 0 Å². The topological polar surface area (TPSA) is 20.2 Å². The molecule has 0 aliphatic heterocycles. The Bertz CT molecular complexity index is 44.9. The standard InChI is InChI=1S/C3H9OP/c1-5(2)3-4/h3-5H,1-2H3. The first-order chi connectivity index (χ1) is 2.27. The van der Waals surface area contributed by atoms with Crippen molar-refractivity contribution in [3.05, 3.63) is 0 Å². The fraction of sp³-hybridized carbons (Fsp3) is 0.667. The SMILES string of the molecule is C[PH](C)=CO. The van der Waals surface area contributed by atoms with Crippen LogP contribution in [0.1, 0.15) is 0 Å². The van der Waals surface area contributed by atoms with Crippen molar-refractivity contribution < 1.29 is 5.11 Å². The lowest BCUT2D eigenvalue weighted by Gasteiger charge is -1.75. The van der Waals surface area contributed by atoms with E-state index in [0.717, 1.165) is 0 Å². The molecule has 0 amide bonds. The second-order valence-corrected chi connectivity index (χ2v) is 3.62. The lowest BCUT2D eigenvalue weighted by Crippen LogP contribution is -1.57. The van der Waals surface area contributed by atoms with Gasteiger partial charge >= 0.3 is 0 Å². The number of aliphatic hydroxyl groups is 1. The maximum atomic E-state index is 8.06. The van der Waals surface area contributed by atoms with Gasteiger partial charge < -0.3 is 5.11 Å². The second kappa shape index (κ2) is 2.49. The van der Waals surface area contributed by atoms with Crippen molar-refractivity contribution in [1.29, 1.82) is 0 Å². The van der Waals surface area contributed by atoms with Gasteiger partial charge in [-0.3, -0.25) is 0 Å². The summed E-state index contributed by atoms with van der Waals surface area (Å²) in [5.74, 6) is 1.27. The van der Waals surface area contributed by atoms with Crippen molar-refractivity contribution in [3.63, 3.8) is 0 Å². The highest BCUT2D eigenvalue weighted by molar-refractivity contribution is 7.55. The molecule has 0 unspecified atom stereocenters. The summed E-state index contributed by atoms with van der Waals surface area (Å²) in [6, 6.07) is 0. The number of aliphatic hydroxyl groups excluding tert-OH is 1. The molecule has 0 rings (SSSR count). The number of rotatable bonds is 0. The van der Waals surface area contributed by atoms with Crippen LogP contribution in [-0.2, 0) is 0 Å². The molecule has 0 fully saturated rings. The van der Waals surface area contributed by atoms with Gasteiger partial charge in [-0.1, -0.05) is 0 Å². The molecule has 32 valence electrons. The minimum atomic E-state index is -0.443. The summed E-state index contributed by atoms with van der Waals surface area (Å²) in [5.41, 5.74) is 0. The van der Waals surface area contributed by atoms with E-state index in [2.05, 4.69) is 0 Å². The lowest BCUT2D eigenvalue weighted by molar-refractivity contribution is 0.592. The summed E-state index contributed by atoms with van der Waals surface area (Å²) < 4.78 is 0. The van der Waals surface area contributed by atoms with E-state index in [4.69, 9.17) is 5.11 Å². The Morgan fingerprint density at radius 3 is 1.80 bits per heavy atom. The molecule has 0 atom stereocenters. The Balaban J connectivity index is 3.14. The van der Waals surface area contributed by atoms with E-state index in [-0.39, 0.29) is 0 Å². The number of hydrogen-bond acceptors (Lipinski definition) is 0. The molecule has 0 bridgehead atoms. The average Bonchev–Trinajstić information content (AvgIpc) is 1.38. The normalized spacial score (nSPS) is 8.80. The number of hydrogen-bond donors (Lipinski definition) is 1. The summed E-state index contributed by atoms with van der Waals surface area (Å²) in [6.07, 6.45) is 0. The van der Waals surface area contributed by atoms with E-state index in [1.165, 1.54) is 5.98 Å². The van der Waals surface area contributed by atoms with Crippen LogP contribution in [0, 0.1) is 0 Å². The predicted octanol–water partition coefficient (Wildman–Crippen LogP) is 0.592. The zero-order valence-corrected chi connectivity index (χ0v) is 4.52. The molecule has 0 aliphatic carbocycles. The van der Waals surface area contributed by atoms with Gasteiger partial charge in [0.25, 0.3) is 0 Å². The molecule has 0 radical (unpaired) electrons. The maximum absolute atomic E-state index is 8.06. The van der Waals surface area contributed by atoms with Gasteiger partial charge in [0, 0.05) is 5.98 Å². The molecule has 1 nitrogen and oxygen atoms in total. The average molecular weight is 92.1 g/mol. The first kappa shape index (κ1) is 5.26. The fourth-order valence-corrected chi connectivity index (χ4v) is 0. The van der Waals surface area contributed by atoms with Gasteiger partial charge in [-0.05, 0) is 13.3 Å². The molecule has 0 aromatic carbocycles. The minimum absolute atomic E-state index is 0.443. The molecule has 0 heterocycles. The van der Waals surface area contributed by atoms with Gasteiger partial charge in [0.2, 0.25) is 0 Å². The van der Waals surface area contributed by atoms with Gasteiger partial charge in [0.15, 0.2) is 0 Å². The van der Waals surface area contributed by atoms with E-state index >= 15 is 0 Å². The van der Waals surface area contributed by atoms with Crippen LogP contribution < -0.4 is 0 Å². The Morgan fingerprint density at radius 1 is 1.60 bits per heavy atom. The van der Waals surface area contributed by atoms with Crippen molar-refractivity contribution in [2.45, 2.75) is 0 Å². The van der Waals surface area contributed by atoms with Gasteiger partial charge in [-0.15, -0.1) is 7.55 Å². The van der Waals surface area contributed by atoms with Crippen LogP contribution in [0.4, 0.5) is 0 Å². The molecule has 0 saturated heterocycles. The lowest BCUT2D eigenvalue weighted by atomic mass is 11.7. The molecule has 0 aromatic rings. The van der Waals surface area contributed by atoms with Crippen molar-refractivity contribution in [2.24, 2.45) is 0 Å². The summed E-state index contributed by atoms with van der Waals surface area (Å²) in [5, 5.41) is 8.06. The molecule has 0 saturated carbocycles. The van der Waals surface area contributed by atoms with Crippen LogP contribution in [-0.4, -0.2) is 24.4 Å². The first-order valence-corrected chi connectivity index (χ1v) is 4.12. The van der Waals surface area contributed by atoms with Crippen molar-refractivity contribution in [2.75, 3.05) is 13.3 Å². The molecule has 0 aliphatic rings. The molecule has 0 aromatic heterocycles. The monoisotopic (exact) mass is 92.0 g/mol. The van der Waals surface area contributed by atoms with Crippen molar-refractivity contribution in [1.82, 2.24) is 0 Å². The van der Waals surface area contributed by atoms with Crippen LogP contribution in [0.15, 0.2) is 0 Å². The highest BCUT2D eigenvalue weighted by Gasteiger charge is 1.60. The molecule has 5 heavy (non-hydrogen) atoms. The van der Waals surface area contributed by atoms with E-state index in [1.807, 2.05) is 13.3 Å². The molecule has 0 spiro atoms. The largest absolute Gasteiger partial charge is 0.369 e. The Morgan fingerprint density at radius 2 is 1.80 bits per heavy atom. The Hall–Kier alpha value is 0.260. The second-order valence-electron chi connectivity index (χ2n) is 1.21. The summed E-state index contributed by atoms with van der Waals surface area (Å²) >= 11 is 0. The summed E-state index contributed by atoms with van der Waals surface area (Å²) in [4.78, 5) is 0. The van der Waals surface area contributed by atoms with Crippen LogP contribution in [0.3, 0.4) is 0 Å². The zero-order chi connectivity index (χ0) is 4.28. The quantitative estimate of drug-likeness (QED) is 0.433. The molecule has 2 heteroatoms. The van der Waals surface area contributed by atoms with Crippen LogP contribution in [0.25, 0.3) is 0 Å². The highest BCUT2D eigenvalue weighted by Crippen LogP contribution is 2.03. The third-order valence-electron chi connectivity index (χ3n) is 0.258. The third kappa shape index (κ3) is 4.26. The molecular formula is C3H9OP. The van der Waals surface area contributed by atoms with Crippen LogP contribution >= 0.6 is 7.55 Å². The minimum Gasteiger partial charge on any atom is -0.369 e. The molecule has 1 N–H and O–H groups in total. The predicted molar refractivity (Wildman–Crippen MR) is 28.2 cm³/mol. The summed E-state index contributed by atoms with van der Waals surface area (Å²) in [7, 11) is -0.443. The van der Waals surface area contributed by atoms with Crippen molar-refractivity contribution >= 4 is 13.5 Å². The maximum Gasteiger partial charge on any atom is 0.0280 e. The highest BCUT2D eigenvalue weighted by atomic mass is 31.1. The van der Waals surface area contributed by atoms with Gasteiger partial charge in [0.05, 0.1) is 0 Å². The van der Waals surface area contributed by atoms with Crippen LogP contribution in [0.5, 0.6) is 0 Å². The van der Waals surface area contributed by atoms with E-state index in [9.17, 15) is 0 Å². The van der Waals surface area contributed by atoms with E-state index in [1.54, 1.807) is 0 Å². The van der Waals surface area contributed by atoms with Gasteiger partial charge in [-0.2, -0.15) is 0 Å². The van der Waals surface area contributed by atoms with E-state index < -0.39 is 7.55 Å². The van der Waals surface area contributed by atoms with Gasteiger partial charge in [-0.25, -0.2) is 0 Å². The van der Waals surface area contributed by atoms with Gasteiger partial charge in [0.1, 0.15) is 0 Å². The first-order valence-electron chi connectivity index (χ1n) is 1.55. The fourth-order valence-electron chi connectivity index (χ4n) is 0. The summed E-state index contributed by atoms with van der Waals surface area (Å²) in [6.45, 7) is 4.04. The Kier molecular flexibility index (Phi) is 2.62. The Labute approximate surface area is 33.0 Å².